The van der Waals surface area contributed by atoms with Gasteiger partial charge in [0.2, 0.25) is 0 Å². The largest absolute Gasteiger partial charge is 0.377 e. The maximum absolute atomic E-state index is 6.73. The lowest BCUT2D eigenvalue weighted by molar-refractivity contribution is -0.169. The Morgan fingerprint density at radius 3 is 0.982 bits per heavy atom. The van der Waals surface area contributed by atoms with Crippen molar-refractivity contribution in [1.82, 2.24) is 0 Å². The summed E-state index contributed by atoms with van der Waals surface area (Å²) in [6, 6.07) is 31.0. The van der Waals surface area contributed by atoms with Gasteiger partial charge in [-0.1, -0.05) is 91.0 Å². The summed E-state index contributed by atoms with van der Waals surface area (Å²) in [6.45, 7) is 10.8. The first-order valence-corrected chi connectivity index (χ1v) is 20.1. The fraction of sp³-hybridized carbons (Fsp3) is 0.591. The van der Waals surface area contributed by atoms with Crippen molar-refractivity contribution in [3.63, 3.8) is 0 Å². The Morgan fingerprint density at radius 1 is 0.375 bits per heavy atom. The molecule has 0 N–H and O–H groups in total. The summed E-state index contributed by atoms with van der Waals surface area (Å²) in [5.74, 6) is 0. The average molecular weight is 785 g/mol. The van der Waals surface area contributed by atoms with Gasteiger partial charge in [0.25, 0.3) is 0 Å². The summed E-state index contributed by atoms with van der Waals surface area (Å²) < 4.78 is 68.1. The van der Waals surface area contributed by atoms with Gasteiger partial charge in [-0.2, -0.15) is 0 Å². The van der Waals surface area contributed by atoms with Crippen LogP contribution in [0, 0.1) is 0 Å². The molecule has 1 aliphatic rings. The fourth-order valence-electron chi connectivity index (χ4n) is 5.96. The Labute approximate surface area is 333 Å². The Morgan fingerprint density at radius 2 is 0.679 bits per heavy atom. The molecule has 0 bridgehead atoms. The summed E-state index contributed by atoms with van der Waals surface area (Å²) in [6.07, 6.45) is 3.18. The SMILES string of the molecule is c1ccc(C(OCCOCCOCCOCCOCCOCCOCCOCCOCCOCCOC2CCCCO2)(c2ccccc2)c2ccccc2)cc1. The molecule has 12 nitrogen and oxygen atoms in total. The third kappa shape index (κ3) is 19.1. The monoisotopic (exact) mass is 784 g/mol. The van der Waals surface area contributed by atoms with Gasteiger partial charge in [0.05, 0.1) is 132 Å². The minimum absolute atomic E-state index is 0.0694. The highest BCUT2D eigenvalue weighted by atomic mass is 16.7. The maximum atomic E-state index is 6.73. The Kier molecular flexibility index (Phi) is 25.6. The smallest absolute Gasteiger partial charge is 0.157 e. The van der Waals surface area contributed by atoms with Crippen molar-refractivity contribution >= 4 is 0 Å². The minimum atomic E-state index is -0.751. The first kappa shape index (κ1) is 45.9. The van der Waals surface area contributed by atoms with Gasteiger partial charge >= 0.3 is 0 Å². The van der Waals surface area contributed by atoms with Crippen LogP contribution in [0.3, 0.4) is 0 Å². The highest BCUT2D eigenvalue weighted by Gasteiger charge is 2.37. The molecule has 1 fully saturated rings. The molecule has 0 aliphatic carbocycles. The van der Waals surface area contributed by atoms with Crippen molar-refractivity contribution in [1.29, 1.82) is 0 Å². The lowest BCUT2D eigenvalue weighted by Crippen LogP contribution is -2.34. The summed E-state index contributed by atoms with van der Waals surface area (Å²) in [5, 5.41) is 0. The van der Waals surface area contributed by atoms with Gasteiger partial charge in [-0.25, -0.2) is 0 Å². The lowest BCUT2D eigenvalue weighted by Gasteiger charge is -2.36. The van der Waals surface area contributed by atoms with Crippen LogP contribution in [-0.4, -0.2) is 145 Å². The molecule has 0 aromatic heterocycles. The molecule has 0 spiro atoms. The molecule has 312 valence electrons. The predicted molar refractivity (Wildman–Crippen MR) is 212 cm³/mol. The minimum Gasteiger partial charge on any atom is -0.377 e. The fourth-order valence-corrected chi connectivity index (χ4v) is 5.96. The molecule has 3 aromatic rings. The van der Waals surface area contributed by atoms with E-state index >= 15 is 0 Å². The van der Waals surface area contributed by atoms with Crippen LogP contribution in [0.25, 0.3) is 0 Å². The first-order valence-electron chi connectivity index (χ1n) is 20.1. The normalized spacial score (nSPS) is 14.7. The maximum Gasteiger partial charge on any atom is 0.157 e. The summed E-state index contributed by atoms with van der Waals surface area (Å²) in [5.41, 5.74) is 2.45. The van der Waals surface area contributed by atoms with Gasteiger partial charge in [-0.05, 0) is 36.0 Å². The molecule has 1 aliphatic heterocycles. The quantitative estimate of drug-likeness (QED) is 0.0540. The summed E-state index contributed by atoms with van der Waals surface area (Å²) in [7, 11) is 0. The summed E-state index contributed by atoms with van der Waals surface area (Å²) >= 11 is 0. The van der Waals surface area contributed by atoms with E-state index in [0.717, 1.165) is 42.6 Å². The molecule has 4 rings (SSSR count). The molecule has 0 saturated carbocycles. The van der Waals surface area contributed by atoms with Crippen LogP contribution < -0.4 is 0 Å². The van der Waals surface area contributed by atoms with Crippen LogP contribution in [0.5, 0.6) is 0 Å². The van der Waals surface area contributed by atoms with Crippen molar-refractivity contribution < 1.29 is 56.8 Å². The Hall–Kier alpha value is -2.82. The highest BCUT2D eigenvalue weighted by Crippen LogP contribution is 2.40. The number of ether oxygens (including phenoxy) is 12. The third-order valence-electron chi connectivity index (χ3n) is 8.73. The van der Waals surface area contributed by atoms with Crippen molar-refractivity contribution in [2.75, 3.05) is 139 Å². The number of hydrogen-bond acceptors (Lipinski definition) is 12. The van der Waals surface area contributed by atoms with Gasteiger partial charge in [-0.15, -0.1) is 0 Å². The zero-order valence-electron chi connectivity index (χ0n) is 33.1. The second-order valence-electron chi connectivity index (χ2n) is 12.8. The first-order chi connectivity index (χ1) is 27.9. The van der Waals surface area contributed by atoms with E-state index in [1.807, 2.05) is 54.6 Å². The van der Waals surface area contributed by atoms with Gasteiger partial charge < -0.3 is 56.8 Å². The lowest BCUT2D eigenvalue weighted by atomic mass is 9.80. The van der Waals surface area contributed by atoms with Crippen LogP contribution in [0.15, 0.2) is 91.0 Å². The van der Waals surface area contributed by atoms with E-state index in [0.29, 0.717) is 132 Å². The van der Waals surface area contributed by atoms with Crippen LogP contribution >= 0.6 is 0 Å². The molecule has 1 saturated heterocycles. The van der Waals surface area contributed by atoms with Crippen molar-refractivity contribution in [3.05, 3.63) is 108 Å². The summed E-state index contributed by atoms with van der Waals surface area (Å²) in [4.78, 5) is 0. The van der Waals surface area contributed by atoms with E-state index < -0.39 is 5.60 Å². The molecule has 0 radical (unpaired) electrons. The van der Waals surface area contributed by atoms with E-state index in [2.05, 4.69) is 36.4 Å². The molecule has 1 unspecified atom stereocenters. The van der Waals surface area contributed by atoms with Gasteiger partial charge in [0, 0.05) is 6.61 Å². The van der Waals surface area contributed by atoms with Crippen molar-refractivity contribution in [3.8, 4) is 0 Å². The van der Waals surface area contributed by atoms with Gasteiger partial charge in [0.15, 0.2) is 6.29 Å². The molecule has 56 heavy (non-hydrogen) atoms. The van der Waals surface area contributed by atoms with Crippen LogP contribution in [0.2, 0.25) is 0 Å². The molecule has 1 heterocycles. The zero-order valence-corrected chi connectivity index (χ0v) is 33.1. The molecular formula is C44H64O12. The Balaban J connectivity index is 0.867. The van der Waals surface area contributed by atoms with Crippen LogP contribution in [0.4, 0.5) is 0 Å². The highest BCUT2D eigenvalue weighted by molar-refractivity contribution is 5.47. The van der Waals surface area contributed by atoms with E-state index in [1.165, 1.54) is 0 Å². The van der Waals surface area contributed by atoms with E-state index in [4.69, 9.17) is 56.8 Å². The van der Waals surface area contributed by atoms with E-state index in [9.17, 15) is 0 Å². The molecule has 1 atom stereocenters. The number of hydrogen-bond donors (Lipinski definition) is 0. The predicted octanol–water partition coefficient (Wildman–Crippen LogP) is 5.69. The van der Waals surface area contributed by atoms with Crippen molar-refractivity contribution in [2.45, 2.75) is 31.2 Å². The second kappa shape index (κ2) is 31.2. The molecule has 12 heteroatoms. The Bertz CT molecular complexity index is 1200. The number of rotatable bonds is 35. The van der Waals surface area contributed by atoms with Gasteiger partial charge in [0.1, 0.15) is 5.60 Å². The molecular weight excluding hydrogens is 720 g/mol. The molecule has 3 aromatic carbocycles. The van der Waals surface area contributed by atoms with Crippen LogP contribution in [-0.2, 0) is 62.4 Å². The third-order valence-corrected chi connectivity index (χ3v) is 8.73. The molecule has 0 amide bonds. The van der Waals surface area contributed by atoms with Gasteiger partial charge in [-0.3, -0.25) is 0 Å². The topological polar surface area (TPSA) is 111 Å². The van der Waals surface area contributed by atoms with Crippen LogP contribution in [0.1, 0.15) is 36.0 Å². The second-order valence-corrected chi connectivity index (χ2v) is 12.8. The number of benzene rings is 3. The van der Waals surface area contributed by atoms with Crippen molar-refractivity contribution in [2.24, 2.45) is 0 Å². The average Bonchev–Trinajstić information content (AvgIpc) is 3.25. The van der Waals surface area contributed by atoms with E-state index in [-0.39, 0.29) is 6.29 Å². The standard InChI is InChI=1S/C44H64O12/c1-4-12-40(13-5-1)44(41-14-6-2-7-15-41,42-16-8-3-9-17-42)56-39-37-53-35-33-51-31-29-49-27-25-47-23-21-45-20-22-46-24-26-48-28-30-50-32-34-52-36-38-55-43-18-10-11-19-54-43/h1-9,12-17,43H,10-11,18-39H2. The van der Waals surface area contributed by atoms with E-state index in [1.54, 1.807) is 0 Å². The zero-order chi connectivity index (χ0) is 38.9.